The fraction of sp³-hybridized carbons (Fsp3) is 0.750. The molecule has 2 saturated carbocycles. The van der Waals surface area contributed by atoms with Crippen LogP contribution in [0.2, 0.25) is 0 Å². The van der Waals surface area contributed by atoms with E-state index >= 15 is 0 Å². The Morgan fingerprint density at radius 1 is 1.20 bits per heavy atom. The molecule has 0 spiro atoms. The monoisotopic (exact) mass is 274 g/mol. The van der Waals surface area contributed by atoms with Crippen molar-refractivity contribution in [2.45, 2.75) is 57.4 Å². The molecule has 0 bridgehead atoms. The fourth-order valence-electron chi connectivity index (χ4n) is 3.23. The average Bonchev–Trinajstić information content (AvgIpc) is 3.30. The molecule has 0 aromatic carbocycles. The molecule has 2 fully saturated rings. The van der Waals surface area contributed by atoms with E-state index in [2.05, 4.69) is 35.2 Å². The van der Waals surface area contributed by atoms with Crippen molar-refractivity contribution in [1.29, 1.82) is 0 Å². The molecule has 0 radical (unpaired) electrons. The third kappa shape index (κ3) is 2.89. The van der Waals surface area contributed by atoms with Gasteiger partial charge in [-0.05, 0) is 31.6 Å². The van der Waals surface area contributed by atoms with Crippen LogP contribution in [0.25, 0.3) is 0 Å². The highest BCUT2D eigenvalue weighted by atomic mass is 15.2. The molecule has 4 nitrogen and oxygen atoms in total. The molecular formula is C16H26N4. The van der Waals surface area contributed by atoms with Gasteiger partial charge >= 0.3 is 0 Å². The van der Waals surface area contributed by atoms with E-state index in [-0.39, 0.29) is 0 Å². The summed E-state index contributed by atoms with van der Waals surface area (Å²) in [6.07, 6.45) is 7.79. The van der Waals surface area contributed by atoms with E-state index in [9.17, 15) is 0 Å². The van der Waals surface area contributed by atoms with Crippen molar-refractivity contribution >= 4 is 11.6 Å². The average molecular weight is 274 g/mol. The number of hydrogen-bond donors (Lipinski definition) is 1. The Balaban J connectivity index is 1.82. The highest BCUT2D eigenvalue weighted by Crippen LogP contribution is 2.39. The molecule has 3 rings (SSSR count). The van der Waals surface area contributed by atoms with Gasteiger partial charge in [0.05, 0.1) is 0 Å². The molecule has 0 saturated heterocycles. The first-order valence-corrected chi connectivity index (χ1v) is 7.97. The molecule has 2 aliphatic carbocycles. The summed E-state index contributed by atoms with van der Waals surface area (Å²) in [5, 5.41) is 3.18. The number of aromatic nitrogens is 2. The maximum atomic E-state index is 4.82. The van der Waals surface area contributed by atoms with Crippen LogP contribution in [0.5, 0.6) is 0 Å². The van der Waals surface area contributed by atoms with Crippen molar-refractivity contribution in [3.05, 3.63) is 11.9 Å². The van der Waals surface area contributed by atoms with Crippen LogP contribution in [0.4, 0.5) is 11.6 Å². The molecule has 2 atom stereocenters. The summed E-state index contributed by atoms with van der Waals surface area (Å²) in [4.78, 5) is 11.8. The minimum atomic E-state index is 0.598. The summed E-state index contributed by atoms with van der Waals surface area (Å²) in [7, 11) is 4.13. The Labute approximate surface area is 122 Å². The Hall–Kier alpha value is -1.32. The number of hydrogen-bond acceptors (Lipinski definition) is 4. The van der Waals surface area contributed by atoms with E-state index in [1.165, 1.54) is 38.5 Å². The van der Waals surface area contributed by atoms with Crippen LogP contribution in [0.15, 0.2) is 6.07 Å². The van der Waals surface area contributed by atoms with Crippen molar-refractivity contribution < 1.29 is 0 Å². The summed E-state index contributed by atoms with van der Waals surface area (Å²) >= 11 is 0. The maximum Gasteiger partial charge on any atom is 0.136 e. The number of rotatable bonds is 4. The van der Waals surface area contributed by atoms with Crippen molar-refractivity contribution in [3.8, 4) is 0 Å². The largest absolute Gasteiger partial charge is 0.373 e. The first-order valence-electron chi connectivity index (χ1n) is 7.97. The van der Waals surface area contributed by atoms with Crippen LogP contribution in [0.1, 0.15) is 57.2 Å². The zero-order valence-electron chi connectivity index (χ0n) is 12.9. The summed E-state index contributed by atoms with van der Waals surface area (Å²) in [5.41, 5.74) is 0. The van der Waals surface area contributed by atoms with E-state index in [1.807, 2.05) is 7.05 Å². The summed E-state index contributed by atoms with van der Waals surface area (Å²) < 4.78 is 0. The Morgan fingerprint density at radius 2 is 2.00 bits per heavy atom. The lowest BCUT2D eigenvalue weighted by atomic mass is 9.86. The molecule has 2 aliphatic rings. The number of anilines is 2. The van der Waals surface area contributed by atoms with Crippen LogP contribution in [-0.2, 0) is 0 Å². The van der Waals surface area contributed by atoms with Gasteiger partial charge < -0.3 is 10.2 Å². The number of nitrogens with one attached hydrogen (secondary N) is 1. The maximum absolute atomic E-state index is 4.82. The molecule has 4 heteroatoms. The van der Waals surface area contributed by atoms with Gasteiger partial charge in [-0.1, -0.05) is 19.8 Å². The van der Waals surface area contributed by atoms with E-state index in [0.717, 1.165) is 23.4 Å². The first kappa shape index (κ1) is 13.7. The molecule has 1 heterocycles. The van der Waals surface area contributed by atoms with Gasteiger partial charge in [-0.25, -0.2) is 9.97 Å². The third-order valence-electron chi connectivity index (χ3n) is 4.75. The molecule has 0 aliphatic heterocycles. The van der Waals surface area contributed by atoms with Gasteiger partial charge in [0.15, 0.2) is 0 Å². The van der Waals surface area contributed by atoms with E-state index in [0.29, 0.717) is 12.0 Å². The van der Waals surface area contributed by atoms with Gasteiger partial charge in [0.2, 0.25) is 0 Å². The fourth-order valence-corrected chi connectivity index (χ4v) is 3.23. The lowest BCUT2D eigenvalue weighted by molar-refractivity contribution is 0.335. The highest BCUT2D eigenvalue weighted by molar-refractivity contribution is 5.50. The standard InChI is InChI=1S/C16H26N4/c1-11-5-4-6-13(9-11)20(3)15-10-14(17-2)18-16(19-15)12-7-8-12/h10-13H,4-9H2,1-3H3,(H,17,18,19). The van der Waals surface area contributed by atoms with E-state index in [4.69, 9.17) is 4.98 Å². The van der Waals surface area contributed by atoms with Crippen molar-refractivity contribution in [1.82, 2.24) is 9.97 Å². The zero-order valence-corrected chi connectivity index (χ0v) is 12.9. The molecule has 1 aromatic rings. The lowest BCUT2D eigenvalue weighted by Crippen LogP contribution is -2.36. The van der Waals surface area contributed by atoms with E-state index in [1.54, 1.807) is 0 Å². The van der Waals surface area contributed by atoms with Crippen molar-refractivity contribution in [3.63, 3.8) is 0 Å². The number of nitrogens with zero attached hydrogens (tertiary/aromatic N) is 3. The minimum Gasteiger partial charge on any atom is -0.373 e. The van der Waals surface area contributed by atoms with Gasteiger partial charge in [-0.3, -0.25) is 0 Å². The highest BCUT2D eigenvalue weighted by Gasteiger charge is 2.29. The van der Waals surface area contributed by atoms with Crippen LogP contribution < -0.4 is 10.2 Å². The van der Waals surface area contributed by atoms with Crippen LogP contribution >= 0.6 is 0 Å². The predicted molar refractivity (Wildman–Crippen MR) is 83.4 cm³/mol. The van der Waals surface area contributed by atoms with Crippen LogP contribution in [0, 0.1) is 5.92 Å². The quantitative estimate of drug-likeness (QED) is 0.913. The Bertz CT molecular complexity index is 470. The normalized spacial score (nSPS) is 26.4. The third-order valence-corrected chi connectivity index (χ3v) is 4.75. The summed E-state index contributed by atoms with van der Waals surface area (Å²) in [6, 6.07) is 2.72. The molecule has 2 unspecified atom stereocenters. The second-order valence-corrected chi connectivity index (χ2v) is 6.53. The molecular weight excluding hydrogens is 248 g/mol. The molecule has 1 aromatic heterocycles. The molecule has 20 heavy (non-hydrogen) atoms. The van der Waals surface area contributed by atoms with E-state index < -0.39 is 0 Å². The molecule has 0 amide bonds. The minimum absolute atomic E-state index is 0.598. The van der Waals surface area contributed by atoms with Crippen LogP contribution in [-0.4, -0.2) is 30.1 Å². The molecule has 1 N–H and O–H groups in total. The topological polar surface area (TPSA) is 41.0 Å². The zero-order chi connectivity index (χ0) is 14.1. The van der Waals surface area contributed by atoms with Gasteiger partial charge in [0.25, 0.3) is 0 Å². The SMILES string of the molecule is CNc1cc(N(C)C2CCCC(C)C2)nc(C2CC2)n1. The first-order chi connectivity index (χ1) is 9.67. The van der Waals surface area contributed by atoms with Gasteiger partial charge in [-0.2, -0.15) is 0 Å². The Kier molecular flexibility index (Phi) is 3.81. The predicted octanol–water partition coefficient (Wildman–Crippen LogP) is 3.41. The smallest absolute Gasteiger partial charge is 0.136 e. The Morgan fingerprint density at radius 3 is 2.65 bits per heavy atom. The van der Waals surface area contributed by atoms with Crippen LogP contribution in [0.3, 0.4) is 0 Å². The van der Waals surface area contributed by atoms with Gasteiger partial charge in [-0.15, -0.1) is 0 Å². The van der Waals surface area contributed by atoms with Crippen molar-refractivity contribution in [2.75, 3.05) is 24.3 Å². The van der Waals surface area contributed by atoms with Gasteiger partial charge in [0.1, 0.15) is 17.5 Å². The lowest BCUT2D eigenvalue weighted by Gasteiger charge is -2.35. The summed E-state index contributed by atoms with van der Waals surface area (Å²) in [6.45, 7) is 2.37. The summed E-state index contributed by atoms with van der Waals surface area (Å²) in [5.74, 6) is 4.51. The second-order valence-electron chi connectivity index (χ2n) is 6.53. The van der Waals surface area contributed by atoms with Crippen molar-refractivity contribution in [2.24, 2.45) is 5.92 Å². The van der Waals surface area contributed by atoms with Gasteiger partial charge in [0, 0.05) is 32.1 Å². The molecule has 110 valence electrons. The second kappa shape index (κ2) is 5.58.